The summed E-state index contributed by atoms with van der Waals surface area (Å²) in [6, 6.07) is 2.20. The van der Waals surface area contributed by atoms with E-state index >= 15 is 0 Å². The van der Waals surface area contributed by atoms with Gasteiger partial charge in [0.25, 0.3) is 0 Å². The third kappa shape index (κ3) is 4.94. The smallest absolute Gasteiger partial charge is 0.0257 e. The predicted molar refractivity (Wildman–Crippen MR) is 65.2 cm³/mol. The Labute approximate surface area is 93.7 Å². The van der Waals surface area contributed by atoms with Crippen LogP contribution in [0.3, 0.4) is 0 Å². The van der Waals surface area contributed by atoms with Crippen LogP contribution in [0, 0.1) is 5.92 Å². The second kappa shape index (κ2) is 6.74. The van der Waals surface area contributed by atoms with Gasteiger partial charge in [-0.05, 0) is 46.2 Å². The number of alkyl halides is 1. The molecule has 0 spiro atoms. The minimum absolute atomic E-state index is 0.647. The maximum absolute atomic E-state index is 5.72. The van der Waals surface area contributed by atoms with Crippen LogP contribution in [0.25, 0.3) is 0 Å². The van der Waals surface area contributed by atoms with Gasteiger partial charge in [-0.3, -0.25) is 0 Å². The van der Waals surface area contributed by atoms with Gasteiger partial charge < -0.3 is 0 Å². The zero-order chi connectivity index (χ0) is 9.52. The average Bonchev–Trinajstić information content (AvgIpc) is 2.64. The first kappa shape index (κ1) is 11.4. The van der Waals surface area contributed by atoms with Crippen LogP contribution in [0.15, 0.2) is 16.8 Å². The molecular weight excluding hydrogens is 220 g/mol. The lowest BCUT2D eigenvalue weighted by Gasteiger charge is -2.05. The number of thioether (sulfide) groups is 1. The number of aryl methyl sites for hydroxylation is 1. The van der Waals surface area contributed by atoms with Gasteiger partial charge in [-0.25, -0.2) is 0 Å². The molecule has 1 unspecified atom stereocenters. The van der Waals surface area contributed by atoms with Crippen LogP contribution in [-0.4, -0.2) is 17.4 Å². The quantitative estimate of drug-likeness (QED) is 0.532. The summed E-state index contributed by atoms with van der Waals surface area (Å²) in [5.41, 5.74) is 1.47. The molecule has 3 heteroatoms. The molecule has 0 aliphatic carbocycles. The third-order valence-corrected chi connectivity index (χ3v) is 4.34. The Hall–Kier alpha value is 0.340. The van der Waals surface area contributed by atoms with Crippen molar-refractivity contribution in [1.29, 1.82) is 0 Å². The third-order valence-electron chi connectivity index (χ3n) is 1.78. The molecule has 0 aliphatic rings. The van der Waals surface area contributed by atoms with Crippen LogP contribution < -0.4 is 0 Å². The number of hydrogen-bond donors (Lipinski definition) is 0. The highest BCUT2D eigenvalue weighted by molar-refractivity contribution is 7.99. The molecule has 74 valence electrons. The molecule has 0 aromatic carbocycles. The van der Waals surface area contributed by atoms with Crippen molar-refractivity contribution < 1.29 is 0 Å². The zero-order valence-electron chi connectivity index (χ0n) is 7.83. The Balaban J connectivity index is 2.02. The molecule has 1 aromatic heterocycles. The summed E-state index contributed by atoms with van der Waals surface area (Å²) in [6.45, 7) is 2.20. The van der Waals surface area contributed by atoms with Crippen molar-refractivity contribution in [2.24, 2.45) is 5.92 Å². The first-order valence-corrected chi connectivity index (χ1v) is 7.11. The molecule has 0 N–H and O–H groups in total. The van der Waals surface area contributed by atoms with Crippen molar-refractivity contribution in [3.05, 3.63) is 22.4 Å². The Kier molecular flexibility index (Phi) is 5.92. The molecule has 0 amide bonds. The van der Waals surface area contributed by atoms with Crippen molar-refractivity contribution in [3.8, 4) is 0 Å². The molecule has 0 fully saturated rings. The molecule has 0 aliphatic heterocycles. The first-order chi connectivity index (χ1) is 6.33. The van der Waals surface area contributed by atoms with E-state index in [0.717, 1.165) is 5.88 Å². The lowest BCUT2D eigenvalue weighted by molar-refractivity contribution is 0.759. The molecule has 1 aromatic rings. The van der Waals surface area contributed by atoms with Crippen molar-refractivity contribution >= 4 is 34.7 Å². The molecule has 0 saturated carbocycles. The molecule has 1 heterocycles. The molecule has 0 nitrogen and oxygen atoms in total. The summed E-state index contributed by atoms with van der Waals surface area (Å²) in [4.78, 5) is 0. The second-order valence-corrected chi connectivity index (χ2v) is 5.45. The van der Waals surface area contributed by atoms with Gasteiger partial charge in [0, 0.05) is 5.88 Å². The van der Waals surface area contributed by atoms with Gasteiger partial charge in [0.05, 0.1) is 0 Å². The number of thiophene rings is 1. The normalized spacial score (nSPS) is 13.1. The monoisotopic (exact) mass is 234 g/mol. The van der Waals surface area contributed by atoms with Crippen LogP contribution in [-0.2, 0) is 6.42 Å². The van der Waals surface area contributed by atoms with Gasteiger partial charge in [0.2, 0.25) is 0 Å². The molecule has 0 saturated heterocycles. The Morgan fingerprint density at radius 1 is 1.62 bits per heavy atom. The van der Waals surface area contributed by atoms with Crippen LogP contribution in [0.5, 0.6) is 0 Å². The van der Waals surface area contributed by atoms with E-state index in [2.05, 4.69) is 23.8 Å². The fraction of sp³-hybridized carbons (Fsp3) is 0.600. The van der Waals surface area contributed by atoms with Gasteiger partial charge in [0.15, 0.2) is 0 Å². The highest BCUT2D eigenvalue weighted by Gasteiger charge is 1.99. The second-order valence-electron chi connectivity index (χ2n) is 3.22. The van der Waals surface area contributed by atoms with E-state index in [1.807, 2.05) is 11.8 Å². The van der Waals surface area contributed by atoms with E-state index in [1.165, 1.54) is 23.5 Å². The van der Waals surface area contributed by atoms with Gasteiger partial charge >= 0.3 is 0 Å². The minimum atomic E-state index is 0.647. The summed E-state index contributed by atoms with van der Waals surface area (Å²) in [5, 5.41) is 4.37. The summed E-state index contributed by atoms with van der Waals surface area (Å²) in [5.74, 6) is 3.84. The Bertz CT molecular complexity index is 209. The van der Waals surface area contributed by atoms with Gasteiger partial charge in [0.1, 0.15) is 0 Å². The Morgan fingerprint density at radius 3 is 3.08 bits per heavy atom. The fourth-order valence-corrected chi connectivity index (χ4v) is 2.96. The molecule has 0 radical (unpaired) electrons. The summed E-state index contributed by atoms with van der Waals surface area (Å²) >= 11 is 9.50. The molecule has 1 atom stereocenters. The molecule has 0 bridgehead atoms. The molecular formula is C10H15ClS2. The van der Waals surface area contributed by atoms with Crippen molar-refractivity contribution in [2.75, 3.05) is 17.4 Å². The Morgan fingerprint density at radius 2 is 2.46 bits per heavy atom. The van der Waals surface area contributed by atoms with Crippen molar-refractivity contribution in [1.82, 2.24) is 0 Å². The highest BCUT2D eigenvalue weighted by Crippen LogP contribution is 2.13. The zero-order valence-corrected chi connectivity index (χ0v) is 10.2. The molecule has 1 rings (SSSR count). The van der Waals surface area contributed by atoms with Crippen LogP contribution in [0.2, 0.25) is 0 Å². The largest absolute Gasteiger partial charge is 0.161 e. The standard InChI is InChI=1S/C10H15ClS2/c1-9(6-11)7-12-4-2-10-3-5-13-8-10/h3,5,8-9H,2,4,6-7H2,1H3. The van der Waals surface area contributed by atoms with E-state index in [0.29, 0.717) is 5.92 Å². The van der Waals surface area contributed by atoms with Crippen molar-refractivity contribution in [3.63, 3.8) is 0 Å². The predicted octanol–water partition coefficient (Wildman–Crippen LogP) is 3.90. The summed E-state index contributed by atoms with van der Waals surface area (Å²) in [6.07, 6.45) is 1.20. The van der Waals surface area contributed by atoms with E-state index in [9.17, 15) is 0 Å². The first-order valence-electron chi connectivity index (χ1n) is 4.47. The van der Waals surface area contributed by atoms with Crippen molar-refractivity contribution in [2.45, 2.75) is 13.3 Å². The molecule has 13 heavy (non-hydrogen) atoms. The van der Waals surface area contributed by atoms with E-state index in [-0.39, 0.29) is 0 Å². The number of rotatable bonds is 6. The van der Waals surface area contributed by atoms with Gasteiger partial charge in [-0.15, -0.1) is 11.6 Å². The summed E-state index contributed by atoms with van der Waals surface area (Å²) < 4.78 is 0. The lowest BCUT2D eigenvalue weighted by atomic mass is 10.3. The number of hydrogen-bond acceptors (Lipinski definition) is 2. The SMILES string of the molecule is CC(CCl)CSCCc1ccsc1. The summed E-state index contributed by atoms with van der Waals surface area (Å²) in [7, 11) is 0. The maximum Gasteiger partial charge on any atom is 0.0257 e. The topological polar surface area (TPSA) is 0 Å². The van der Waals surface area contributed by atoms with E-state index in [1.54, 1.807) is 11.3 Å². The highest BCUT2D eigenvalue weighted by atomic mass is 35.5. The van der Waals surface area contributed by atoms with Crippen LogP contribution in [0.1, 0.15) is 12.5 Å². The lowest BCUT2D eigenvalue weighted by Crippen LogP contribution is -2.00. The maximum atomic E-state index is 5.72. The average molecular weight is 235 g/mol. The van der Waals surface area contributed by atoms with E-state index in [4.69, 9.17) is 11.6 Å². The van der Waals surface area contributed by atoms with Crippen LogP contribution >= 0.6 is 34.7 Å². The van der Waals surface area contributed by atoms with Gasteiger partial charge in [-0.2, -0.15) is 23.1 Å². The fourth-order valence-electron chi connectivity index (χ4n) is 0.954. The van der Waals surface area contributed by atoms with E-state index < -0.39 is 0 Å². The number of halogens is 1. The van der Waals surface area contributed by atoms with Gasteiger partial charge in [-0.1, -0.05) is 6.92 Å². The minimum Gasteiger partial charge on any atom is -0.161 e. The van der Waals surface area contributed by atoms with Crippen LogP contribution in [0.4, 0.5) is 0 Å².